The summed E-state index contributed by atoms with van der Waals surface area (Å²) in [6.45, 7) is 0.509. The van der Waals surface area contributed by atoms with Gasteiger partial charge < -0.3 is 10.4 Å². The van der Waals surface area contributed by atoms with Gasteiger partial charge in [0.2, 0.25) is 5.91 Å². The fourth-order valence-corrected chi connectivity index (χ4v) is 2.46. The fourth-order valence-electron chi connectivity index (χ4n) is 2.20. The van der Waals surface area contributed by atoms with Gasteiger partial charge in [0.15, 0.2) is 0 Å². The number of nitrogens with one attached hydrogen (secondary N) is 1. The Balaban J connectivity index is 1.57. The number of rotatable bonds is 6. The quantitative estimate of drug-likeness (QED) is 0.656. The Bertz CT molecular complexity index is 901. The third-order valence-electron chi connectivity index (χ3n) is 3.36. The van der Waals surface area contributed by atoms with Gasteiger partial charge in [0, 0.05) is 16.9 Å². The van der Waals surface area contributed by atoms with Crippen LogP contribution in [-0.2, 0) is 17.9 Å². The number of carbonyl (C=O) groups excluding carboxylic acids is 1. The Labute approximate surface area is 151 Å². The van der Waals surface area contributed by atoms with Gasteiger partial charge in [0.05, 0.1) is 30.2 Å². The molecular weight excluding hydrogens is 390 g/mol. The van der Waals surface area contributed by atoms with Gasteiger partial charge in [-0.15, -0.1) is 0 Å². The molecule has 0 fully saturated rings. The van der Waals surface area contributed by atoms with Crippen molar-refractivity contribution in [2.45, 2.75) is 13.1 Å². The first-order chi connectivity index (χ1) is 12.0. The summed E-state index contributed by atoms with van der Waals surface area (Å²) in [4.78, 5) is 22.8. The van der Waals surface area contributed by atoms with Crippen molar-refractivity contribution in [3.05, 3.63) is 64.7 Å². The molecule has 128 valence electrons. The molecule has 2 aromatic heterocycles. The summed E-state index contributed by atoms with van der Waals surface area (Å²) >= 11 is 3.39. The zero-order valence-electron chi connectivity index (χ0n) is 13.0. The summed E-state index contributed by atoms with van der Waals surface area (Å²) in [7, 11) is 0. The van der Waals surface area contributed by atoms with Crippen LogP contribution in [0.1, 0.15) is 15.9 Å². The van der Waals surface area contributed by atoms with Gasteiger partial charge in [0.1, 0.15) is 6.54 Å². The van der Waals surface area contributed by atoms with Crippen LogP contribution in [0.2, 0.25) is 0 Å². The standard InChI is InChI=1S/C16H14BrN5O3/c17-13-3-1-11(2-4-13)7-21-9-14(6-19-21)20-15(23)10-22-8-12(5-18-22)16(24)25/h1-6,8-9H,7,10H2,(H,20,23)(H,24,25). The van der Waals surface area contributed by atoms with Crippen LogP contribution in [0, 0.1) is 0 Å². The van der Waals surface area contributed by atoms with Crippen molar-refractivity contribution in [1.82, 2.24) is 19.6 Å². The highest BCUT2D eigenvalue weighted by atomic mass is 79.9. The van der Waals surface area contributed by atoms with Crippen LogP contribution in [0.15, 0.2) is 53.5 Å². The molecule has 0 radical (unpaired) electrons. The normalized spacial score (nSPS) is 10.6. The minimum absolute atomic E-state index is 0.0371. The summed E-state index contributed by atoms with van der Waals surface area (Å²) in [6.07, 6.45) is 5.79. The number of hydrogen-bond donors (Lipinski definition) is 2. The molecule has 0 bridgehead atoms. The highest BCUT2D eigenvalue weighted by Gasteiger charge is 2.10. The number of amides is 1. The second-order valence-corrected chi connectivity index (χ2v) is 6.25. The predicted molar refractivity (Wildman–Crippen MR) is 93.3 cm³/mol. The first-order valence-electron chi connectivity index (χ1n) is 7.32. The first kappa shape index (κ1) is 16.9. The first-order valence-corrected chi connectivity index (χ1v) is 8.11. The Kier molecular flexibility index (Phi) is 4.94. The van der Waals surface area contributed by atoms with Crippen LogP contribution in [0.5, 0.6) is 0 Å². The molecule has 0 atom stereocenters. The summed E-state index contributed by atoms with van der Waals surface area (Å²) in [6, 6.07) is 7.89. The average Bonchev–Trinajstić information content (AvgIpc) is 3.19. The smallest absolute Gasteiger partial charge is 0.338 e. The van der Waals surface area contributed by atoms with Crippen molar-refractivity contribution >= 4 is 33.5 Å². The number of benzene rings is 1. The SMILES string of the molecule is O=C(Cn1cc(C(=O)O)cn1)Nc1cnn(Cc2ccc(Br)cc2)c1. The summed E-state index contributed by atoms with van der Waals surface area (Å²) in [5.74, 6) is -1.40. The van der Waals surface area contributed by atoms with Crippen molar-refractivity contribution in [2.75, 3.05) is 5.32 Å². The van der Waals surface area contributed by atoms with Crippen molar-refractivity contribution < 1.29 is 14.7 Å². The molecule has 0 unspecified atom stereocenters. The molecule has 9 heteroatoms. The Morgan fingerprint density at radius 1 is 1.08 bits per heavy atom. The lowest BCUT2D eigenvalue weighted by Gasteiger charge is -2.03. The van der Waals surface area contributed by atoms with E-state index in [1.165, 1.54) is 17.1 Å². The van der Waals surface area contributed by atoms with E-state index < -0.39 is 5.97 Å². The summed E-state index contributed by atoms with van der Waals surface area (Å²) < 4.78 is 4.00. The predicted octanol–water partition coefficient (Wildman–Crippen LogP) is 2.23. The van der Waals surface area contributed by atoms with Gasteiger partial charge in [0.25, 0.3) is 0 Å². The van der Waals surface area contributed by atoms with E-state index in [2.05, 4.69) is 31.4 Å². The Hall–Kier alpha value is -2.94. The molecule has 3 rings (SSSR count). The Morgan fingerprint density at radius 2 is 1.80 bits per heavy atom. The lowest BCUT2D eigenvalue weighted by atomic mass is 10.2. The molecule has 0 aliphatic heterocycles. The largest absolute Gasteiger partial charge is 0.478 e. The van der Waals surface area contributed by atoms with Gasteiger partial charge in [-0.05, 0) is 17.7 Å². The molecule has 2 heterocycles. The van der Waals surface area contributed by atoms with Crippen molar-refractivity contribution in [2.24, 2.45) is 0 Å². The number of nitrogens with zero attached hydrogens (tertiary/aromatic N) is 4. The molecule has 25 heavy (non-hydrogen) atoms. The maximum atomic E-state index is 12.0. The molecule has 2 N–H and O–H groups in total. The lowest BCUT2D eigenvalue weighted by molar-refractivity contribution is -0.116. The molecule has 0 aliphatic rings. The van der Waals surface area contributed by atoms with E-state index in [1.807, 2.05) is 24.3 Å². The summed E-state index contributed by atoms with van der Waals surface area (Å²) in [5.41, 5.74) is 1.68. The highest BCUT2D eigenvalue weighted by Crippen LogP contribution is 2.12. The number of aromatic carboxylic acids is 1. The number of aromatic nitrogens is 4. The minimum atomic E-state index is -1.08. The second-order valence-electron chi connectivity index (χ2n) is 5.33. The molecule has 0 saturated heterocycles. The number of hydrogen-bond acceptors (Lipinski definition) is 4. The van der Waals surface area contributed by atoms with Crippen molar-refractivity contribution in [1.29, 1.82) is 0 Å². The monoisotopic (exact) mass is 403 g/mol. The molecule has 0 saturated carbocycles. The molecular formula is C16H14BrN5O3. The van der Waals surface area contributed by atoms with E-state index in [1.54, 1.807) is 17.1 Å². The number of anilines is 1. The van der Waals surface area contributed by atoms with E-state index in [-0.39, 0.29) is 18.0 Å². The number of carboxylic acid groups (broad SMARTS) is 1. The maximum Gasteiger partial charge on any atom is 0.338 e. The van der Waals surface area contributed by atoms with Crippen molar-refractivity contribution in [3.8, 4) is 0 Å². The number of halogens is 1. The van der Waals surface area contributed by atoms with Crippen LogP contribution in [0.3, 0.4) is 0 Å². The third kappa shape index (κ3) is 4.54. The molecule has 0 aliphatic carbocycles. The van der Waals surface area contributed by atoms with E-state index >= 15 is 0 Å². The van der Waals surface area contributed by atoms with Gasteiger partial charge in [-0.2, -0.15) is 10.2 Å². The average molecular weight is 404 g/mol. The zero-order chi connectivity index (χ0) is 17.8. The van der Waals surface area contributed by atoms with Gasteiger partial charge in [-0.25, -0.2) is 4.79 Å². The van der Waals surface area contributed by atoms with Crippen molar-refractivity contribution in [3.63, 3.8) is 0 Å². The minimum Gasteiger partial charge on any atom is -0.478 e. The number of carbonyl (C=O) groups is 2. The third-order valence-corrected chi connectivity index (χ3v) is 3.89. The molecule has 0 spiro atoms. The van der Waals surface area contributed by atoms with E-state index in [0.29, 0.717) is 12.2 Å². The van der Waals surface area contributed by atoms with E-state index in [0.717, 1.165) is 10.0 Å². The van der Waals surface area contributed by atoms with Gasteiger partial charge >= 0.3 is 5.97 Å². The highest BCUT2D eigenvalue weighted by molar-refractivity contribution is 9.10. The maximum absolute atomic E-state index is 12.0. The van der Waals surface area contributed by atoms with Gasteiger partial charge in [-0.1, -0.05) is 28.1 Å². The lowest BCUT2D eigenvalue weighted by Crippen LogP contribution is -2.18. The topological polar surface area (TPSA) is 102 Å². The molecule has 1 aromatic carbocycles. The summed E-state index contributed by atoms with van der Waals surface area (Å²) in [5, 5.41) is 19.6. The second kappa shape index (κ2) is 7.31. The van der Waals surface area contributed by atoms with E-state index in [4.69, 9.17) is 5.11 Å². The van der Waals surface area contributed by atoms with Crippen LogP contribution >= 0.6 is 15.9 Å². The van der Waals surface area contributed by atoms with Crippen LogP contribution in [-0.4, -0.2) is 36.5 Å². The molecule has 3 aromatic rings. The molecule has 8 nitrogen and oxygen atoms in total. The fraction of sp³-hybridized carbons (Fsp3) is 0.125. The zero-order valence-corrected chi connectivity index (χ0v) is 14.5. The van der Waals surface area contributed by atoms with Crippen LogP contribution in [0.4, 0.5) is 5.69 Å². The molecule has 1 amide bonds. The number of carboxylic acids is 1. The van der Waals surface area contributed by atoms with Crippen LogP contribution in [0.25, 0.3) is 0 Å². The van der Waals surface area contributed by atoms with Crippen LogP contribution < -0.4 is 5.32 Å². The Morgan fingerprint density at radius 3 is 2.48 bits per heavy atom. The van der Waals surface area contributed by atoms with Gasteiger partial charge in [-0.3, -0.25) is 14.2 Å². The van der Waals surface area contributed by atoms with E-state index in [9.17, 15) is 9.59 Å².